The third kappa shape index (κ3) is 1.53. The molecule has 2 heterocycles. The quantitative estimate of drug-likeness (QED) is 0.776. The fourth-order valence-electron chi connectivity index (χ4n) is 1.25. The van der Waals surface area contributed by atoms with Crippen LogP contribution in [0.5, 0.6) is 0 Å². The largest absolute Gasteiger partial charge is 0.480 e. The van der Waals surface area contributed by atoms with Crippen molar-refractivity contribution in [3.63, 3.8) is 0 Å². The lowest BCUT2D eigenvalue weighted by Crippen LogP contribution is -2.22. The SMILES string of the molecule is NC(C(=O)O)c1nccn2c(Cl)cnc12. The maximum absolute atomic E-state index is 10.7. The molecule has 0 radical (unpaired) electrons. The van der Waals surface area contributed by atoms with Gasteiger partial charge in [-0.15, -0.1) is 0 Å². The van der Waals surface area contributed by atoms with E-state index >= 15 is 0 Å². The van der Waals surface area contributed by atoms with Crippen molar-refractivity contribution in [1.29, 1.82) is 0 Å². The summed E-state index contributed by atoms with van der Waals surface area (Å²) in [7, 11) is 0. The normalized spacial score (nSPS) is 12.9. The van der Waals surface area contributed by atoms with E-state index in [2.05, 4.69) is 9.97 Å². The maximum atomic E-state index is 10.7. The van der Waals surface area contributed by atoms with Crippen LogP contribution in [0.2, 0.25) is 5.15 Å². The highest BCUT2D eigenvalue weighted by molar-refractivity contribution is 6.29. The Bertz CT molecular complexity index is 524. The smallest absolute Gasteiger partial charge is 0.326 e. The highest BCUT2D eigenvalue weighted by atomic mass is 35.5. The number of aromatic nitrogens is 3. The molecule has 3 N–H and O–H groups in total. The van der Waals surface area contributed by atoms with E-state index in [-0.39, 0.29) is 5.69 Å². The summed E-state index contributed by atoms with van der Waals surface area (Å²) in [5, 5.41) is 9.15. The van der Waals surface area contributed by atoms with Gasteiger partial charge in [0.2, 0.25) is 0 Å². The number of halogens is 1. The molecular weight excluding hydrogens is 220 g/mol. The van der Waals surface area contributed by atoms with Crippen LogP contribution >= 0.6 is 11.6 Å². The van der Waals surface area contributed by atoms with Gasteiger partial charge in [-0.1, -0.05) is 11.6 Å². The lowest BCUT2D eigenvalue weighted by atomic mass is 10.2. The van der Waals surface area contributed by atoms with Gasteiger partial charge >= 0.3 is 5.97 Å². The van der Waals surface area contributed by atoms with Gasteiger partial charge in [0, 0.05) is 12.4 Å². The number of hydrogen-bond donors (Lipinski definition) is 2. The molecule has 1 unspecified atom stereocenters. The molecule has 0 saturated heterocycles. The standard InChI is InChI=1S/C8H7ClN4O2/c9-4-3-12-7-6(5(10)8(14)15)11-1-2-13(4)7/h1-3,5H,10H2,(H,14,15). The van der Waals surface area contributed by atoms with Crippen molar-refractivity contribution in [2.24, 2.45) is 5.73 Å². The van der Waals surface area contributed by atoms with Crippen molar-refractivity contribution >= 4 is 23.2 Å². The number of aliphatic carboxylic acids is 1. The minimum atomic E-state index is -1.20. The van der Waals surface area contributed by atoms with Gasteiger partial charge < -0.3 is 10.8 Å². The molecule has 0 spiro atoms. The van der Waals surface area contributed by atoms with Crippen molar-refractivity contribution < 1.29 is 9.90 Å². The van der Waals surface area contributed by atoms with Crippen molar-refractivity contribution in [1.82, 2.24) is 14.4 Å². The molecule has 2 rings (SSSR count). The summed E-state index contributed by atoms with van der Waals surface area (Å²) in [6, 6.07) is -1.20. The number of rotatable bonds is 2. The second kappa shape index (κ2) is 3.48. The summed E-state index contributed by atoms with van der Waals surface area (Å²) in [5.41, 5.74) is 6.00. The van der Waals surface area contributed by atoms with E-state index in [1.54, 1.807) is 6.20 Å². The molecule has 15 heavy (non-hydrogen) atoms. The number of carboxylic acid groups (broad SMARTS) is 1. The lowest BCUT2D eigenvalue weighted by molar-refractivity contribution is -0.138. The lowest BCUT2D eigenvalue weighted by Gasteiger charge is -2.06. The molecule has 0 bridgehead atoms. The second-order valence-electron chi connectivity index (χ2n) is 2.90. The minimum absolute atomic E-state index is 0.192. The molecule has 6 nitrogen and oxygen atoms in total. The Morgan fingerprint density at radius 3 is 3.00 bits per heavy atom. The molecule has 78 valence electrons. The van der Waals surface area contributed by atoms with Crippen LogP contribution in [0.15, 0.2) is 18.6 Å². The van der Waals surface area contributed by atoms with E-state index < -0.39 is 12.0 Å². The van der Waals surface area contributed by atoms with E-state index in [9.17, 15) is 4.79 Å². The predicted molar refractivity (Wildman–Crippen MR) is 52.6 cm³/mol. The van der Waals surface area contributed by atoms with Gasteiger partial charge in [-0.3, -0.25) is 14.2 Å². The maximum Gasteiger partial charge on any atom is 0.326 e. The fraction of sp³-hybridized carbons (Fsp3) is 0.125. The Morgan fingerprint density at radius 1 is 1.60 bits per heavy atom. The highest BCUT2D eigenvalue weighted by Gasteiger charge is 2.20. The molecule has 0 aliphatic carbocycles. The van der Waals surface area contributed by atoms with Crippen LogP contribution in [0.1, 0.15) is 11.7 Å². The van der Waals surface area contributed by atoms with Crippen LogP contribution in [0, 0.1) is 0 Å². The minimum Gasteiger partial charge on any atom is -0.480 e. The Hall–Kier alpha value is -1.66. The van der Waals surface area contributed by atoms with Crippen LogP contribution in [0.4, 0.5) is 0 Å². The van der Waals surface area contributed by atoms with E-state index in [0.717, 1.165) is 0 Å². The zero-order valence-electron chi connectivity index (χ0n) is 7.46. The molecule has 0 aromatic carbocycles. The van der Waals surface area contributed by atoms with Crippen LogP contribution in [0.25, 0.3) is 5.65 Å². The van der Waals surface area contributed by atoms with Crippen LogP contribution < -0.4 is 5.73 Å². The molecule has 0 saturated carbocycles. The van der Waals surface area contributed by atoms with Crippen LogP contribution in [0.3, 0.4) is 0 Å². The number of nitrogens with two attached hydrogens (primary N) is 1. The number of fused-ring (bicyclic) bond motifs is 1. The summed E-state index contributed by atoms with van der Waals surface area (Å²) >= 11 is 5.81. The molecule has 2 aromatic heterocycles. The molecule has 1 atom stereocenters. The zero-order chi connectivity index (χ0) is 11.0. The molecule has 0 fully saturated rings. The van der Waals surface area contributed by atoms with Crippen LogP contribution in [-0.2, 0) is 4.79 Å². The Kier molecular flexibility index (Phi) is 2.29. The zero-order valence-corrected chi connectivity index (χ0v) is 8.22. The fourth-order valence-corrected chi connectivity index (χ4v) is 1.43. The van der Waals surface area contributed by atoms with Crippen molar-refractivity contribution in [2.75, 3.05) is 0 Å². The number of imidazole rings is 1. The Morgan fingerprint density at radius 2 is 2.33 bits per heavy atom. The summed E-state index contributed by atoms with van der Waals surface area (Å²) in [6.45, 7) is 0. The van der Waals surface area contributed by atoms with Crippen LogP contribution in [-0.4, -0.2) is 25.4 Å². The highest BCUT2D eigenvalue weighted by Crippen LogP contribution is 2.17. The van der Waals surface area contributed by atoms with Gasteiger partial charge in [-0.05, 0) is 0 Å². The summed E-state index contributed by atoms with van der Waals surface area (Å²) in [4.78, 5) is 18.6. The summed E-state index contributed by atoms with van der Waals surface area (Å²) in [6.07, 6.45) is 4.43. The first-order chi connectivity index (χ1) is 7.11. The number of hydrogen-bond acceptors (Lipinski definition) is 4. The first-order valence-electron chi connectivity index (χ1n) is 4.07. The van der Waals surface area contributed by atoms with Gasteiger partial charge in [0.1, 0.15) is 16.9 Å². The number of carboxylic acids is 1. The summed E-state index contributed by atoms with van der Waals surface area (Å²) < 4.78 is 1.52. The first kappa shape index (κ1) is 9.88. The van der Waals surface area contributed by atoms with Crippen molar-refractivity contribution in [2.45, 2.75) is 6.04 Å². The number of carbonyl (C=O) groups is 1. The van der Waals surface area contributed by atoms with Gasteiger partial charge in [0.25, 0.3) is 0 Å². The molecule has 2 aromatic rings. The molecule has 7 heteroatoms. The van der Waals surface area contributed by atoms with Gasteiger partial charge in [-0.2, -0.15) is 0 Å². The average Bonchev–Trinajstić information content (AvgIpc) is 2.59. The molecule has 0 aliphatic rings. The molecular formula is C8H7ClN4O2. The van der Waals surface area contributed by atoms with E-state index in [1.165, 1.54) is 16.8 Å². The Labute approximate surface area is 89.3 Å². The summed E-state index contributed by atoms with van der Waals surface area (Å²) in [5.74, 6) is -1.16. The van der Waals surface area contributed by atoms with Crippen molar-refractivity contribution in [3.8, 4) is 0 Å². The monoisotopic (exact) mass is 226 g/mol. The van der Waals surface area contributed by atoms with Gasteiger partial charge in [0.15, 0.2) is 5.65 Å². The van der Waals surface area contributed by atoms with E-state index in [1.807, 2.05) is 0 Å². The molecule has 0 aliphatic heterocycles. The first-order valence-corrected chi connectivity index (χ1v) is 4.45. The molecule has 0 amide bonds. The second-order valence-corrected chi connectivity index (χ2v) is 3.29. The van der Waals surface area contributed by atoms with E-state index in [0.29, 0.717) is 10.8 Å². The third-order valence-electron chi connectivity index (χ3n) is 1.97. The van der Waals surface area contributed by atoms with E-state index in [4.69, 9.17) is 22.4 Å². The topological polar surface area (TPSA) is 93.5 Å². The third-order valence-corrected chi connectivity index (χ3v) is 2.25. The average molecular weight is 227 g/mol. The van der Waals surface area contributed by atoms with Gasteiger partial charge in [0.05, 0.1) is 6.20 Å². The number of nitrogens with zero attached hydrogens (tertiary/aromatic N) is 3. The predicted octanol–water partition coefficient (Wildman–Crippen LogP) is 0.467. The van der Waals surface area contributed by atoms with Gasteiger partial charge in [-0.25, -0.2) is 4.98 Å². The Balaban J connectivity index is 2.66. The van der Waals surface area contributed by atoms with Crippen molar-refractivity contribution in [3.05, 3.63) is 29.4 Å².